The van der Waals surface area contributed by atoms with E-state index in [2.05, 4.69) is 27.7 Å². The maximum Gasteiger partial charge on any atom is 0.341 e. The van der Waals surface area contributed by atoms with E-state index in [4.69, 9.17) is 5.26 Å². The molecule has 2 atom stereocenters. The number of halogens is 1. The highest BCUT2D eigenvalue weighted by Crippen LogP contribution is 2.29. The first-order valence-corrected chi connectivity index (χ1v) is 9.14. The van der Waals surface area contributed by atoms with Crippen LogP contribution in [0.5, 0.6) is 0 Å². The number of fused-ring (bicyclic) bond motifs is 1. The number of anilines is 1. The number of piperidine rings is 1. The number of hydrazine groups is 1. The summed E-state index contributed by atoms with van der Waals surface area (Å²) in [6.07, 6.45) is 3.83. The van der Waals surface area contributed by atoms with Gasteiger partial charge in [0.15, 0.2) is 5.65 Å². The van der Waals surface area contributed by atoms with Crippen molar-refractivity contribution in [2.45, 2.75) is 25.8 Å². The first-order valence-electron chi connectivity index (χ1n) is 9.14. The lowest BCUT2D eigenvalue weighted by molar-refractivity contribution is -0.131. The molecule has 0 unspecified atom stereocenters. The average Bonchev–Trinajstić information content (AvgIpc) is 3.12. The van der Waals surface area contributed by atoms with Crippen molar-refractivity contribution in [1.29, 1.82) is 5.26 Å². The van der Waals surface area contributed by atoms with Crippen LogP contribution in [-0.4, -0.2) is 64.6 Å². The first kappa shape index (κ1) is 22.4. The summed E-state index contributed by atoms with van der Waals surface area (Å²) in [5, 5.41) is 9.57. The maximum atomic E-state index is 12.2. The lowest BCUT2D eigenvalue weighted by Gasteiger charge is -2.42. The van der Waals surface area contributed by atoms with E-state index in [0.717, 1.165) is 11.8 Å². The van der Waals surface area contributed by atoms with Gasteiger partial charge in [-0.1, -0.05) is 6.92 Å². The van der Waals surface area contributed by atoms with E-state index in [1.54, 1.807) is 18.1 Å². The Morgan fingerprint density at radius 3 is 2.86 bits per heavy atom. The minimum Gasteiger partial charge on any atom is -0.354 e. The molecule has 10 nitrogen and oxygen atoms in total. The minimum atomic E-state index is -0.343. The highest BCUT2D eigenvalue weighted by Gasteiger charge is 2.32. The number of rotatable bonds is 4. The SMILES string of the molecule is CNNC(=O)n1ccc2c(N(C)[C@H]3CN(C(=O)CC#N)CC[C@H]3C)ncnc21.Cl. The third-order valence-electron chi connectivity index (χ3n) is 5.24. The number of amides is 2. The number of nitrogens with zero attached hydrogens (tertiary/aromatic N) is 6. The Bertz CT molecular complexity index is 924. The molecule has 1 saturated heterocycles. The molecule has 0 aliphatic carbocycles. The highest BCUT2D eigenvalue weighted by atomic mass is 35.5. The van der Waals surface area contributed by atoms with Gasteiger partial charge in [0.25, 0.3) is 0 Å². The van der Waals surface area contributed by atoms with Gasteiger partial charge in [-0.25, -0.2) is 20.2 Å². The van der Waals surface area contributed by atoms with Gasteiger partial charge in [-0.15, -0.1) is 12.4 Å². The summed E-state index contributed by atoms with van der Waals surface area (Å²) in [4.78, 5) is 36.8. The van der Waals surface area contributed by atoms with Crippen LogP contribution in [0.15, 0.2) is 18.6 Å². The Hall–Kier alpha value is -2.90. The van der Waals surface area contributed by atoms with Crippen molar-refractivity contribution >= 4 is 41.2 Å². The summed E-state index contributed by atoms with van der Waals surface area (Å²) in [5.41, 5.74) is 5.63. The molecule has 2 N–H and O–H groups in total. The minimum absolute atomic E-state index is 0. The largest absolute Gasteiger partial charge is 0.354 e. The van der Waals surface area contributed by atoms with Gasteiger partial charge in [0.2, 0.25) is 5.91 Å². The Kier molecular flexibility index (Phi) is 7.36. The molecule has 3 rings (SSSR count). The number of aromatic nitrogens is 3. The van der Waals surface area contributed by atoms with E-state index in [1.165, 1.54) is 10.9 Å². The van der Waals surface area contributed by atoms with Gasteiger partial charge < -0.3 is 9.80 Å². The number of carbonyl (C=O) groups is 2. The second-order valence-electron chi connectivity index (χ2n) is 6.92. The number of hydrogen-bond donors (Lipinski definition) is 2. The summed E-state index contributed by atoms with van der Waals surface area (Å²) in [7, 11) is 3.55. The standard InChI is InChI=1S/C18H24N8O2.ClH/c1-12-5-8-25(15(27)4-7-19)10-14(12)24(3)16-13-6-9-26(18(28)23-20-2)17(13)22-11-21-16;/h6,9,11-12,14,20H,4-5,8,10H2,1-3H3,(H,23,28);1H/t12-,14+;/m1./s1. The lowest BCUT2D eigenvalue weighted by Crippen LogP contribution is -2.52. The summed E-state index contributed by atoms with van der Waals surface area (Å²) in [6.45, 7) is 3.34. The third-order valence-corrected chi connectivity index (χ3v) is 5.24. The monoisotopic (exact) mass is 420 g/mol. The third kappa shape index (κ3) is 4.41. The Balaban J connectivity index is 0.00000300. The quantitative estimate of drug-likeness (QED) is 0.711. The molecule has 0 spiro atoms. The maximum absolute atomic E-state index is 12.2. The smallest absolute Gasteiger partial charge is 0.341 e. The van der Waals surface area contributed by atoms with E-state index in [-0.39, 0.29) is 36.8 Å². The molecule has 2 amide bonds. The van der Waals surface area contributed by atoms with Crippen molar-refractivity contribution < 1.29 is 9.59 Å². The van der Waals surface area contributed by atoms with Crippen molar-refractivity contribution in [3.63, 3.8) is 0 Å². The predicted octanol–water partition coefficient (Wildman–Crippen LogP) is 1.13. The summed E-state index contributed by atoms with van der Waals surface area (Å²) in [6, 6.07) is 3.44. The number of likely N-dealkylation sites (tertiary alicyclic amines) is 1. The van der Waals surface area contributed by atoms with Gasteiger partial charge in [-0.2, -0.15) is 5.26 Å². The summed E-state index contributed by atoms with van der Waals surface area (Å²) < 4.78 is 1.41. The van der Waals surface area contributed by atoms with Gasteiger partial charge in [0.1, 0.15) is 18.6 Å². The molecular formula is C18H25ClN8O2. The molecule has 0 saturated carbocycles. The molecule has 0 aromatic carbocycles. The van der Waals surface area contributed by atoms with Crippen LogP contribution in [0.1, 0.15) is 19.8 Å². The van der Waals surface area contributed by atoms with E-state index in [1.807, 2.05) is 24.1 Å². The van der Waals surface area contributed by atoms with Crippen molar-refractivity contribution in [3.05, 3.63) is 18.6 Å². The molecule has 2 aromatic heterocycles. The molecule has 1 aliphatic heterocycles. The number of likely N-dealkylation sites (N-methyl/N-ethyl adjacent to an activating group) is 1. The van der Waals surface area contributed by atoms with Crippen molar-refractivity contribution in [1.82, 2.24) is 30.3 Å². The molecule has 2 aromatic rings. The summed E-state index contributed by atoms with van der Waals surface area (Å²) in [5.74, 6) is 0.902. The number of nitrogens with one attached hydrogen (secondary N) is 2. The van der Waals surface area contributed by atoms with Crippen LogP contribution in [0.2, 0.25) is 0 Å². The van der Waals surface area contributed by atoms with E-state index >= 15 is 0 Å². The molecule has 1 aliphatic rings. The Morgan fingerprint density at radius 1 is 1.41 bits per heavy atom. The van der Waals surface area contributed by atoms with Gasteiger partial charge in [0, 0.05) is 33.4 Å². The van der Waals surface area contributed by atoms with E-state index < -0.39 is 0 Å². The molecule has 0 radical (unpaired) electrons. The van der Waals surface area contributed by atoms with Crippen LogP contribution in [0.3, 0.4) is 0 Å². The zero-order valence-corrected chi connectivity index (χ0v) is 17.4. The zero-order valence-electron chi connectivity index (χ0n) is 16.6. The predicted molar refractivity (Wildman–Crippen MR) is 111 cm³/mol. The van der Waals surface area contributed by atoms with Crippen LogP contribution in [-0.2, 0) is 4.79 Å². The number of hydrogen-bond acceptors (Lipinski definition) is 7. The molecule has 29 heavy (non-hydrogen) atoms. The molecule has 3 heterocycles. The Labute approximate surface area is 175 Å². The molecular weight excluding hydrogens is 396 g/mol. The average molecular weight is 421 g/mol. The van der Waals surface area contributed by atoms with Gasteiger partial charge in [-0.3, -0.25) is 14.8 Å². The van der Waals surface area contributed by atoms with Gasteiger partial charge >= 0.3 is 6.03 Å². The topological polar surface area (TPSA) is 119 Å². The fourth-order valence-electron chi connectivity index (χ4n) is 3.67. The van der Waals surface area contributed by atoms with Crippen molar-refractivity contribution in [3.8, 4) is 6.07 Å². The second kappa shape index (κ2) is 9.54. The van der Waals surface area contributed by atoms with Crippen molar-refractivity contribution in [2.24, 2.45) is 5.92 Å². The normalized spacial score (nSPS) is 18.6. The number of carbonyl (C=O) groups excluding carboxylic acids is 2. The van der Waals surface area contributed by atoms with Crippen LogP contribution in [0, 0.1) is 17.2 Å². The molecule has 0 bridgehead atoms. The molecule has 11 heteroatoms. The van der Waals surface area contributed by atoms with Crippen LogP contribution in [0.25, 0.3) is 11.0 Å². The lowest BCUT2D eigenvalue weighted by atomic mass is 9.92. The second-order valence-corrected chi connectivity index (χ2v) is 6.92. The fourth-order valence-corrected chi connectivity index (χ4v) is 3.67. The fraction of sp³-hybridized carbons (Fsp3) is 0.500. The molecule has 156 valence electrons. The van der Waals surface area contributed by atoms with Gasteiger partial charge in [0.05, 0.1) is 17.5 Å². The summed E-state index contributed by atoms with van der Waals surface area (Å²) >= 11 is 0. The van der Waals surface area contributed by atoms with Crippen molar-refractivity contribution in [2.75, 3.05) is 32.1 Å². The van der Waals surface area contributed by atoms with E-state index in [9.17, 15) is 9.59 Å². The zero-order chi connectivity index (χ0) is 20.3. The van der Waals surface area contributed by atoms with Crippen LogP contribution in [0.4, 0.5) is 10.6 Å². The number of nitriles is 1. The van der Waals surface area contributed by atoms with Crippen LogP contribution >= 0.6 is 12.4 Å². The van der Waals surface area contributed by atoms with E-state index in [0.29, 0.717) is 30.5 Å². The Morgan fingerprint density at radius 2 is 2.17 bits per heavy atom. The molecule has 1 fully saturated rings. The van der Waals surface area contributed by atoms with Gasteiger partial charge in [-0.05, 0) is 18.4 Å². The highest BCUT2D eigenvalue weighted by molar-refractivity contribution is 5.94. The first-order chi connectivity index (χ1) is 13.5. The van der Waals surface area contributed by atoms with Crippen LogP contribution < -0.4 is 15.8 Å².